The molecule has 0 amide bonds. The van der Waals surface area contributed by atoms with E-state index in [2.05, 4.69) is 14.8 Å². The molecule has 5 rings (SSSR count). The first kappa shape index (κ1) is 20.1. The van der Waals surface area contributed by atoms with Gasteiger partial charge in [0.05, 0.1) is 12.2 Å². The van der Waals surface area contributed by atoms with E-state index in [0.717, 1.165) is 32.0 Å². The number of fused-ring (bicyclic) bond motifs is 1. The first-order valence-corrected chi connectivity index (χ1v) is 10.4. The molecule has 1 aliphatic heterocycles. The summed E-state index contributed by atoms with van der Waals surface area (Å²) in [6.45, 7) is 3.62. The molecule has 1 aliphatic rings. The lowest BCUT2D eigenvalue weighted by Crippen LogP contribution is -2.47. The summed E-state index contributed by atoms with van der Waals surface area (Å²) >= 11 is 0. The number of carbonyl (C=O) groups excluding carboxylic acids is 1. The van der Waals surface area contributed by atoms with Crippen LogP contribution in [0.1, 0.15) is 15.9 Å². The largest absolute Gasteiger partial charge is 0.421 e. The number of hydrogen-bond donors (Lipinski definition) is 0. The van der Waals surface area contributed by atoms with E-state index in [1.165, 1.54) is 24.3 Å². The molecule has 0 radical (unpaired) electrons. The van der Waals surface area contributed by atoms with Crippen LogP contribution in [-0.2, 0) is 6.67 Å². The second-order valence-corrected chi connectivity index (χ2v) is 7.75. The molecule has 32 heavy (non-hydrogen) atoms. The van der Waals surface area contributed by atoms with E-state index in [-0.39, 0.29) is 5.78 Å². The van der Waals surface area contributed by atoms with E-state index in [0.29, 0.717) is 28.9 Å². The number of rotatable bonds is 5. The molecule has 0 unspecified atom stereocenters. The van der Waals surface area contributed by atoms with Gasteiger partial charge in [-0.1, -0.05) is 6.07 Å². The zero-order valence-electron chi connectivity index (χ0n) is 17.3. The second kappa shape index (κ2) is 8.39. The van der Waals surface area contributed by atoms with Crippen LogP contribution in [0.2, 0.25) is 0 Å². The molecule has 1 saturated heterocycles. The Bertz CT molecular complexity index is 1310. The zero-order valence-corrected chi connectivity index (χ0v) is 17.3. The molecule has 0 spiro atoms. The fraction of sp³-hybridized carbons (Fsp3) is 0.208. The number of nitrogens with zero attached hydrogens (tertiary/aromatic N) is 4. The molecule has 2 aromatic heterocycles. The number of piperazine rings is 1. The highest BCUT2D eigenvalue weighted by molar-refractivity contribution is 6.10. The Morgan fingerprint density at radius 3 is 2.44 bits per heavy atom. The topological polar surface area (TPSA) is 71.6 Å². The Morgan fingerprint density at radius 2 is 1.72 bits per heavy atom. The van der Waals surface area contributed by atoms with Crippen LogP contribution in [0.4, 0.5) is 10.2 Å². The number of aromatic nitrogens is 2. The summed E-state index contributed by atoms with van der Waals surface area (Å²) in [7, 11) is 0. The summed E-state index contributed by atoms with van der Waals surface area (Å²) in [4.78, 5) is 34.0. The van der Waals surface area contributed by atoms with Gasteiger partial charge in [0, 0.05) is 43.5 Å². The van der Waals surface area contributed by atoms with Gasteiger partial charge in [-0.15, -0.1) is 0 Å². The maximum Gasteiger partial charge on any atom is 0.421 e. The lowest BCUT2D eigenvalue weighted by Gasteiger charge is -2.35. The molecule has 162 valence electrons. The van der Waals surface area contributed by atoms with Crippen molar-refractivity contribution < 1.29 is 13.6 Å². The van der Waals surface area contributed by atoms with Crippen LogP contribution in [0.25, 0.3) is 11.1 Å². The highest BCUT2D eigenvalue weighted by Crippen LogP contribution is 2.19. The summed E-state index contributed by atoms with van der Waals surface area (Å²) in [6, 6.07) is 16.2. The fourth-order valence-corrected chi connectivity index (χ4v) is 3.97. The SMILES string of the molecule is O=C(c1ccc(F)cc1)c1ccc2c(c1)oc(=O)n2CN1CCN(c2ccccn2)CC1. The maximum atomic E-state index is 13.1. The van der Waals surface area contributed by atoms with Crippen molar-refractivity contribution in [2.75, 3.05) is 31.1 Å². The molecule has 2 aromatic carbocycles. The molecule has 0 N–H and O–H groups in total. The molecule has 0 bridgehead atoms. The van der Waals surface area contributed by atoms with Gasteiger partial charge < -0.3 is 9.32 Å². The summed E-state index contributed by atoms with van der Waals surface area (Å²) in [5.74, 6) is -0.163. The number of carbonyl (C=O) groups is 1. The van der Waals surface area contributed by atoms with Crippen LogP contribution in [-0.4, -0.2) is 46.4 Å². The van der Waals surface area contributed by atoms with Crippen LogP contribution in [0.5, 0.6) is 0 Å². The van der Waals surface area contributed by atoms with Gasteiger partial charge in [0.15, 0.2) is 11.4 Å². The van der Waals surface area contributed by atoms with E-state index in [4.69, 9.17) is 4.42 Å². The number of benzene rings is 2. The molecule has 3 heterocycles. The van der Waals surface area contributed by atoms with E-state index >= 15 is 0 Å². The number of hydrogen-bond acceptors (Lipinski definition) is 6. The molecule has 7 nitrogen and oxygen atoms in total. The van der Waals surface area contributed by atoms with E-state index in [9.17, 15) is 14.0 Å². The number of halogens is 1. The third kappa shape index (κ3) is 3.92. The molecule has 4 aromatic rings. The third-order valence-corrected chi connectivity index (χ3v) is 5.72. The Kier molecular flexibility index (Phi) is 5.28. The van der Waals surface area contributed by atoms with Crippen molar-refractivity contribution in [3.63, 3.8) is 0 Å². The van der Waals surface area contributed by atoms with Gasteiger partial charge >= 0.3 is 5.76 Å². The maximum absolute atomic E-state index is 13.1. The van der Waals surface area contributed by atoms with Gasteiger partial charge in [-0.05, 0) is 54.6 Å². The number of anilines is 1. The minimum Gasteiger partial charge on any atom is -0.408 e. The summed E-state index contributed by atoms with van der Waals surface area (Å²) < 4.78 is 20.1. The van der Waals surface area contributed by atoms with Crippen molar-refractivity contribution >= 4 is 22.7 Å². The molecular formula is C24H21FN4O3. The average molecular weight is 432 g/mol. The summed E-state index contributed by atoms with van der Waals surface area (Å²) in [5, 5.41) is 0. The highest BCUT2D eigenvalue weighted by Gasteiger charge is 2.21. The highest BCUT2D eigenvalue weighted by atomic mass is 19.1. The third-order valence-electron chi connectivity index (χ3n) is 5.72. The van der Waals surface area contributed by atoms with Gasteiger partial charge in [-0.2, -0.15) is 0 Å². The lowest BCUT2D eigenvalue weighted by molar-refractivity contribution is 0.103. The van der Waals surface area contributed by atoms with E-state index in [1.54, 1.807) is 29.0 Å². The van der Waals surface area contributed by atoms with Gasteiger partial charge in [0.2, 0.25) is 0 Å². The Labute approximate surface area is 183 Å². The van der Waals surface area contributed by atoms with Crippen molar-refractivity contribution in [1.29, 1.82) is 0 Å². The second-order valence-electron chi connectivity index (χ2n) is 7.75. The first-order valence-electron chi connectivity index (χ1n) is 10.4. The molecule has 1 fully saturated rings. The van der Waals surface area contributed by atoms with Gasteiger partial charge in [-0.3, -0.25) is 14.3 Å². The smallest absolute Gasteiger partial charge is 0.408 e. The van der Waals surface area contributed by atoms with Gasteiger partial charge in [-0.25, -0.2) is 14.2 Å². The average Bonchev–Trinajstić information content (AvgIpc) is 3.14. The predicted octanol–water partition coefficient (Wildman–Crippen LogP) is 3.14. The minimum absolute atomic E-state index is 0.257. The summed E-state index contributed by atoms with van der Waals surface area (Å²) in [5.41, 5.74) is 1.75. The predicted molar refractivity (Wildman–Crippen MR) is 118 cm³/mol. The van der Waals surface area contributed by atoms with E-state index < -0.39 is 11.6 Å². The Morgan fingerprint density at radius 1 is 0.969 bits per heavy atom. The molecule has 0 atom stereocenters. The van der Waals surface area contributed by atoms with E-state index in [1.807, 2.05) is 18.2 Å². The van der Waals surface area contributed by atoms with Crippen molar-refractivity contribution in [2.45, 2.75) is 6.67 Å². The lowest BCUT2D eigenvalue weighted by atomic mass is 10.0. The molecule has 0 aliphatic carbocycles. The standard InChI is InChI=1S/C24H21FN4O3/c25-19-7-4-17(5-8-19)23(30)18-6-9-20-21(15-18)32-24(31)29(20)16-27-11-13-28(14-12-27)22-3-1-2-10-26-22/h1-10,15H,11-14,16H2. The van der Waals surface area contributed by atoms with Crippen molar-refractivity contribution in [2.24, 2.45) is 0 Å². The van der Waals surface area contributed by atoms with Crippen LogP contribution in [0, 0.1) is 5.82 Å². The fourth-order valence-electron chi connectivity index (χ4n) is 3.97. The quantitative estimate of drug-likeness (QED) is 0.451. The zero-order chi connectivity index (χ0) is 22.1. The van der Waals surface area contributed by atoms with Crippen LogP contribution in [0.15, 0.2) is 76.1 Å². The number of oxazole rings is 1. The van der Waals surface area contributed by atoms with Crippen molar-refractivity contribution in [3.8, 4) is 0 Å². The Balaban J connectivity index is 1.32. The van der Waals surface area contributed by atoms with Gasteiger partial charge in [0.25, 0.3) is 0 Å². The summed E-state index contributed by atoms with van der Waals surface area (Å²) in [6.07, 6.45) is 1.79. The Hall–Kier alpha value is -3.78. The van der Waals surface area contributed by atoms with Crippen molar-refractivity contribution in [1.82, 2.24) is 14.5 Å². The number of ketones is 1. The van der Waals surface area contributed by atoms with Crippen LogP contribution in [0.3, 0.4) is 0 Å². The molecule has 8 heteroatoms. The van der Waals surface area contributed by atoms with Crippen LogP contribution >= 0.6 is 0 Å². The molecule has 0 saturated carbocycles. The minimum atomic E-state index is -0.460. The van der Waals surface area contributed by atoms with Gasteiger partial charge in [0.1, 0.15) is 11.6 Å². The van der Waals surface area contributed by atoms with Crippen molar-refractivity contribution in [3.05, 3.63) is 94.4 Å². The first-order chi connectivity index (χ1) is 15.6. The normalized spacial score (nSPS) is 14.7. The molecular weight excluding hydrogens is 411 g/mol. The number of pyridine rings is 1. The van der Waals surface area contributed by atoms with Crippen LogP contribution < -0.4 is 10.7 Å². The monoisotopic (exact) mass is 432 g/mol.